The van der Waals surface area contributed by atoms with Crippen molar-refractivity contribution < 1.29 is 0 Å². The van der Waals surface area contributed by atoms with Crippen LogP contribution in [0.3, 0.4) is 0 Å². The molecule has 22 aromatic carbocycles. The maximum atomic E-state index is 3.49. The second-order valence-electron chi connectivity index (χ2n) is 36.4. The highest BCUT2D eigenvalue weighted by molar-refractivity contribution is 9.11. The number of hydrogen-bond acceptors (Lipinski definition) is 4. The second kappa shape index (κ2) is 39.4. The summed E-state index contributed by atoms with van der Waals surface area (Å²) in [6.45, 7) is 9.35. The Balaban J connectivity index is 0.000000110. The van der Waals surface area contributed by atoms with Crippen molar-refractivity contribution in [3.8, 4) is 111 Å². The minimum absolute atomic E-state index is 0.00275. The highest BCUT2D eigenvalue weighted by Crippen LogP contribution is 2.53. The van der Waals surface area contributed by atoms with Crippen molar-refractivity contribution in [2.24, 2.45) is 0 Å². The molecule has 2 aliphatic rings. The summed E-state index contributed by atoms with van der Waals surface area (Å²) in [5, 5.41) is 24.1. The van der Waals surface area contributed by atoms with Crippen LogP contribution >= 0.6 is 63.7 Å². The largest absolute Gasteiger partial charge is 0.356 e. The molecule has 22 aromatic rings. The lowest BCUT2D eigenvalue weighted by molar-refractivity contribution is 0.660. The van der Waals surface area contributed by atoms with E-state index in [-0.39, 0.29) is 10.8 Å². The van der Waals surface area contributed by atoms with Gasteiger partial charge in [0.15, 0.2) is 0 Å². The molecule has 138 heavy (non-hydrogen) atoms. The molecular weight excluding hydrogens is 1940 g/mol. The Morgan fingerprint density at radius 3 is 0.725 bits per heavy atom. The molecular formula is C130H96Br4N4. The van der Waals surface area contributed by atoms with Gasteiger partial charge in [0.2, 0.25) is 0 Å². The van der Waals surface area contributed by atoms with Crippen LogP contribution < -0.4 is 21.3 Å². The molecule has 0 saturated carbocycles. The molecule has 0 atom stereocenters. The molecule has 0 aromatic heterocycles. The van der Waals surface area contributed by atoms with E-state index in [1.54, 1.807) is 0 Å². The van der Waals surface area contributed by atoms with Crippen LogP contribution in [0, 0.1) is 0 Å². The lowest BCUT2D eigenvalue weighted by Gasteiger charge is -2.22. The predicted molar refractivity (Wildman–Crippen MR) is 604 cm³/mol. The van der Waals surface area contributed by atoms with E-state index >= 15 is 0 Å². The lowest BCUT2D eigenvalue weighted by Crippen LogP contribution is -2.14. The Labute approximate surface area is 841 Å². The molecule has 0 heterocycles. The van der Waals surface area contributed by atoms with Gasteiger partial charge >= 0.3 is 0 Å². The molecule has 0 spiro atoms. The Morgan fingerprint density at radius 1 is 0.145 bits per heavy atom. The molecule has 0 bridgehead atoms. The topological polar surface area (TPSA) is 48.1 Å². The first-order valence-corrected chi connectivity index (χ1v) is 49.9. The van der Waals surface area contributed by atoms with Crippen LogP contribution in [0.4, 0.5) is 45.5 Å². The van der Waals surface area contributed by atoms with Gasteiger partial charge in [0.1, 0.15) is 0 Å². The summed E-state index contributed by atoms with van der Waals surface area (Å²) in [7, 11) is 0. The summed E-state index contributed by atoms with van der Waals surface area (Å²) < 4.78 is 4.31. The molecule has 2 aliphatic carbocycles. The summed E-state index contributed by atoms with van der Waals surface area (Å²) in [5.74, 6) is 0. The minimum Gasteiger partial charge on any atom is -0.356 e. The van der Waals surface area contributed by atoms with E-state index in [2.05, 4.69) is 549 Å². The molecule has 4 nitrogen and oxygen atoms in total. The Morgan fingerprint density at radius 2 is 0.362 bits per heavy atom. The summed E-state index contributed by atoms with van der Waals surface area (Å²) >= 11 is 14.0. The van der Waals surface area contributed by atoms with Crippen molar-refractivity contribution in [2.45, 2.75) is 38.5 Å². The highest BCUT2D eigenvalue weighted by atomic mass is 79.9. The van der Waals surface area contributed by atoms with E-state index in [1.807, 2.05) is 48.5 Å². The van der Waals surface area contributed by atoms with E-state index in [1.165, 1.54) is 177 Å². The number of benzene rings is 22. The van der Waals surface area contributed by atoms with Gasteiger partial charge in [-0.15, -0.1) is 0 Å². The van der Waals surface area contributed by atoms with E-state index < -0.39 is 0 Å². The fourth-order valence-corrected chi connectivity index (χ4v) is 20.7. The van der Waals surface area contributed by atoms with Gasteiger partial charge in [-0.2, -0.15) is 0 Å². The molecule has 0 saturated heterocycles. The van der Waals surface area contributed by atoms with Crippen molar-refractivity contribution in [1.82, 2.24) is 0 Å². The Hall–Kier alpha value is -15.0. The number of nitrogens with one attached hydrogen (secondary N) is 4. The van der Waals surface area contributed by atoms with Gasteiger partial charge in [-0.25, -0.2) is 0 Å². The van der Waals surface area contributed by atoms with Crippen LogP contribution in [-0.2, 0) is 10.8 Å². The minimum atomic E-state index is -0.00275. The molecule has 4 N–H and O–H groups in total. The average Bonchev–Trinajstić information content (AvgIpc) is 1.59. The second-order valence-corrected chi connectivity index (χ2v) is 40.1. The fourth-order valence-electron chi connectivity index (χ4n) is 19.6. The molecule has 8 heteroatoms. The first kappa shape index (κ1) is 89.5. The van der Waals surface area contributed by atoms with E-state index in [4.69, 9.17) is 0 Å². The maximum Gasteiger partial charge on any atom is 0.0384 e. The van der Waals surface area contributed by atoms with Crippen molar-refractivity contribution in [3.63, 3.8) is 0 Å². The van der Waals surface area contributed by atoms with Crippen LogP contribution in [0.1, 0.15) is 49.9 Å². The Kier molecular flexibility index (Phi) is 25.5. The van der Waals surface area contributed by atoms with Crippen LogP contribution in [0.2, 0.25) is 0 Å². The van der Waals surface area contributed by atoms with Gasteiger partial charge in [-0.05, 0) is 359 Å². The van der Waals surface area contributed by atoms with Gasteiger partial charge < -0.3 is 21.3 Å². The summed E-state index contributed by atoms with van der Waals surface area (Å²) in [5.41, 5.74) is 39.4. The third kappa shape index (κ3) is 19.2. The number of hydrogen-bond donors (Lipinski definition) is 4. The molecule has 0 amide bonds. The summed E-state index contributed by atoms with van der Waals surface area (Å²) in [6, 6.07) is 174. The van der Waals surface area contributed by atoms with Crippen molar-refractivity contribution in [1.29, 1.82) is 0 Å². The van der Waals surface area contributed by atoms with Crippen LogP contribution in [0.15, 0.2) is 503 Å². The van der Waals surface area contributed by atoms with E-state index in [9.17, 15) is 0 Å². The lowest BCUT2D eigenvalue weighted by atomic mass is 9.81. The standard InChI is InChI=1S/2C33H26BrN.2C32H22BrN/c1-33(2)31-9-4-3-8-29(31)30-19-12-25(21-32(30)33)24-7-5-6-23(20-24)22-10-15-27(16-11-22)35-28-17-13-26(34)14-18-28;1-33(2)31-10-6-5-9-29(31)30-20-13-23(21-32(30)33)28-8-4-3-7-27(28)22-11-16-25(17-12-22)35-26-18-14-24(34)15-19-26;33-26-15-19-28(20-16-26)34-27-17-13-23(14-18-27)29-6-3-4-8-31(29)25-12-11-24-10-9-22-5-1-2-7-30(22)32(24)21-25;33-28-14-18-30(19-15-28)34-29-16-12-22(13-17-29)25-5-3-6-26(20-25)27-11-10-24-9-8-23-4-1-2-7-31(23)32(24)21-27/h2*3-21,35H,1-2H3;2*1-21,34H. The van der Waals surface area contributed by atoms with Crippen LogP contribution in [-0.4, -0.2) is 0 Å². The van der Waals surface area contributed by atoms with E-state index in [0.717, 1.165) is 63.4 Å². The average molecular weight is 2030 g/mol. The predicted octanol–water partition coefficient (Wildman–Crippen LogP) is 39.3. The van der Waals surface area contributed by atoms with Crippen molar-refractivity contribution >= 4 is 152 Å². The zero-order valence-corrected chi connectivity index (χ0v) is 83.0. The molecule has 0 unspecified atom stereocenters. The zero-order valence-electron chi connectivity index (χ0n) is 76.7. The first-order valence-electron chi connectivity index (χ1n) is 46.7. The number of anilines is 8. The van der Waals surface area contributed by atoms with E-state index in [0.29, 0.717) is 0 Å². The Bertz CT molecular complexity index is 8240. The quantitative estimate of drug-likeness (QED) is 0.0728. The SMILES string of the molecule is Brc1ccc(Nc2ccc(-c3cccc(-c4ccc5ccc6ccccc6c5c4)c3)cc2)cc1.Brc1ccc(Nc2ccc(-c3ccccc3-c3ccc4ccc5ccccc5c4c3)cc2)cc1.CC1(C)c2ccccc2-c2ccc(-c3cccc(-c4ccc(Nc5ccc(Br)cc5)cc4)c3)cc21.CC1(C)c2ccccc2-c2ccc(-c3ccccc3-c3ccc(Nc4ccc(Br)cc4)cc3)cc21. The third-order valence-electron chi connectivity index (χ3n) is 26.9. The van der Waals surface area contributed by atoms with Gasteiger partial charge in [-0.3, -0.25) is 0 Å². The molecule has 0 aliphatic heterocycles. The molecule has 664 valence electrons. The normalized spacial score (nSPS) is 12.2. The van der Waals surface area contributed by atoms with Crippen LogP contribution in [0.5, 0.6) is 0 Å². The maximum absolute atomic E-state index is 3.49. The van der Waals surface area contributed by atoms with Gasteiger partial charge in [0, 0.05) is 74.2 Å². The first-order chi connectivity index (χ1) is 67.5. The fraction of sp³-hybridized carbons (Fsp3) is 0.0462. The molecule has 0 fully saturated rings. The van der Waals surface area contributed by atoms with Crippen molar-refractivity contribution in [2.75, 3.05) is 21.3 Å². The highest BCUT2D eigenvalue weighted by Gasteiger charge is 2.37. The number of fused-ring (bicyclic) bond motifs is 12. The number of halogens is 4. The zero-order chi connectivity index (χ0) is 93.8. The summed E-state index contributed by atoms with van der Waals surface area (Å²) in [4.78, 5) is 0. The summed E-state index contributed by atoms with van der Waals surface area (Å²) in [6.07, 6.45) is 0. The monoisotopic (exact) mass is 2030 g/mol. The number of rotatable bonds is 16. The van der Waals surface area contributed by atoms with Gasteiger partial charge in [0.25, 0.3) is 0 Å². The third-order valence-corrected chi connectivity index (χ3v) is 29.0. The molecule has 0 radical (unpaired) electrons. The molecule has 24 rings (SSSR count). The van der Waals surface area contributed by atoms with Gasteiger partial charge in [0.05, 0.1) is 0 Å². The van der Waals surface area contributed by atoms with Gasteiger partial charge in [-0.1, -0.05) is 395 Å². The smallest absolute Gasteiger partial charge is 0.0384 e. The van der Waals surface area contributed by atoms with Crippen LogP contribution in [0.25, 0.3) is 154 Å². The van der Waals surface area contributed by atoms with Crippen molar-refractivity contribution in [3.05, 3.63) is 525 Å².